The quantitative estimate of drug-likeness (QED) is 0.550. The van der Waals surface area contributed by atoms with Gasteiger partial charge in [0.15, 0.2) is 0 Å². The zero-order valence-corrected chi connectivity index (χ0v) is 10.1. The summed E-state index contributed by atoms with van der Waals surface area (Å²) in [5.74, 6) is 0.0571. The van der Waals surface area contributed by atoms with Crippen LogP contribution in [0.15, 0.2) is 24.3 Å². The Morgan fingerprint density at radius 2 is 2.19 bits per heavy atom. The first-order valence-corrected chi connectivity index (χ1v) is 5.67. The average molecular weight is 223 g/mol. The van der Waals surface area contributed by atoms with Crippen molar-refractivity contribution in [3.63, 3.8) is 0 Å². The lowest BCUT2D eigenvalue weighted by molar-refractivity contribution is -0.130. The second kappa shape index (κ2) is 6.45. The monoisotopic (exact) mass is 223 g/mol. The van der Waals surface area contributed by atoms with Crippen molar-refractivity contribution < 1.29 is 4.79 Å². The minimum Gasteiger partial charge on any atom is -0.332 e. The van der Waals surface area contributed by atoms with E-state index in [4.69, 9.17) is 5.73 Å². The van der Waals surface area contributed by atoms with Crippen LogP contribution in [0.1, 0.15) is 6.92 Å². The maximum absolute atomic E-state index is 11.9. The van der Waals surface area contributed by atoms with Crippen LogP contribution in [0, 0.1) is 0 Å². The number of hydrogen-bond donors (Lipinski definition) is 1. The third kappa shape index (κ3) is 3.47. The van der Waals surface area contributed by atoms with Crippen LogP contribution in [0.2, 0.25) is 0 Å². The van der Waals surface area contributed by atoms with Gasteiger partial charge in [-0.25, -0.2) is 0 Å². The minimum absolute atomic E-state index is 0.0571. The van der Waals surface area contributed by atoms with Crippen LogP contribution in [-0.2, 0) is 4.79 Å². The predicted octanol–water partition coefficient (Wildman–Crippen LogP) is 0.220. The fourth-order valence-corrected chi connectivity index (χ4v) is 1.85. The number of piperazine rings is 1. The zero-order chi connectivity index (χ0) is 12.0. The van der Waals surface area contributed by atoms with Gasteiger partial charge < -0.3 is 15.5 Å². The molecule has 90 valence electrons. The molecule has 0 spiro atoms. The Balaban J connectivity index is 2.60. The SMILES string of the molecule is CC=CC=CC(=O)N1CCN(C)CC1CN. The third-order valence-electron chi connectivity index (χ3n) is 2.78. The highest BCUT2D eigenvalue weighted by Gasteiger charge is 2.26. The molecule has 1 aliphatic rings. The van der Waals surface area contributed by atoms with Crippen LogP contribution in [0.4, 0.5) is 0 Å². The van der Waals surface area contributed by atoms with Crippen LogP contribution in [0.3, 0.4) is 0 Å². The third-order valence-corrected chi connectivity index (χ3v) is 2.78. The summed E-state index contributed by atoms with van der Waals surface area (Å²) >= 11 is 0. The summed E-state index contributed by atoms with van der Waals surface area (Å²) in [5.41, 5.74) is 5.69. The molecule has 1 rings (SSSR count). The predicted molar refractivity (Wildman–Crippen MR) is 66.0 cm³/mol. The van der Waals surface area contributed by atoms with E-state index in [9.17, 15) is 4.79 Å². The summed E-state index contributed by atoms with van der Waals surface area (Å²) < 4.78 is 0. The number of allylic oxidation sites excluding steroid dienone is 3. The fraction of sp³-hybridized carbons (Fsp3) is 0.583. The summed E-state index contributed by atoms with van der Waals surface area (Å²) in [6.45, 7) is 4.98. The summed E-state index contributed by atoms with van der Waals surface area (Å²) in [5, 5.41) is 0. The van der Waals surface area contributed by atoms with Gasteiger partial charge in [-0.1, -0.05) is 18.2 Å². The van der Waals surface area contributed by atoms with Gasteiger partial charge in [0.1, 0.15) is 0 Å². The largest absolute Gasteiger partial charge is 0.332 e. The van der Waals surface area contributed by atoms with Crippen LogP contribution in [-0.4, -0.2) is 55.0 Å². The van der Waals surface area contributed by atoms with Gasteiger partial charge in [0.2, 0.25) is 5.91 Å². The Morgan fingerprint density at radius 1 is 1.44 bits per heavy atom. The summed E-state index contributed by atoms with van der Waals surface area (Å²) in [6.07, 6.45) is 7.13. The number of nitrogens with two attached hydrogens (primary N) is 1. The number of hydrogen-bond acceptors (Lipinski definition) is 3. The molecule has 0 bridgehead atoms. The standard InChI is InChI=1S/C12H21N3O/c1-3-4-5-6-12(16)15-8-7-14(2)10-11(15)9-13/h3-6,11H,7-10,13H2,1-2H3. The summed E-state index contributed by atoms with van der Waals surface area (Å²) in [7, 11) is 2.06. The Kier molecular flexibility index (Phi) is 5.22. The molecule has 0 aromatic heterocycles. The number of nitrogens with zero attached hydrogens (tertiary/aromatic N) is 2. The molecule has 0 aromatic carbocycles. The van der Waals surface area contributed by atoms with E-state index >= 15 is 0 Å². The first-order valence-electron chi connectivity index (χ1n) is 5.67. The Labute approximate surface area is 97.4 Å². The fourth-order valence-electron chi connectivity index (χ4n) is 1.85. The van der Waals surface area contributed by atoms with Crippen molar-refractivity contribution in [2.24, 2.45) is 5.73 Å². The van der Waals surface area contributed by atoms with E-state index in [0.29, 0.717) is 6.54 Å². The van der Waals surface area contributed by atoms with Crippen molar-refractivity contribution in [2.45, 2.75) is 13.0 Å². The van der Waals surface area contributed by atoms with Crippen LogP contribution >= 0.6 is 0 Å². The van der Waals surface area contributed by atoms with Gasteiger partial charge in [-0.05, 0) is 14.0 Å². The highest BCUT2D eigenvalue weighted by Crippen LogP contribution is 2.08. The first kappa shape index (κ1) is 12.9. The van der Waals surface area contributed by atoms with Crippen molar-refractivity contribution in [3.05, 3.63) is 24.3 Å². The molecular weight excluding hydrogens is 202 g/mol. The van der Waals surface area contributed by atoms with Gasteiger partial charge in [0.05, 0.1) is 6.04 Å². The Morgan fingerprint density at radius 3 is 2.81 bits per heavy atom. The van der Waals surface area contributed by atoms with Gasteiger partial charge in [-0.3, -0.25) is 4.79 Å². The van der Waals surface area contributed by atoms with Gasteiger partial charge in [0, 0.05) is 32.3 Å². The van der Waals surface area contributed by atoms with Crippen molar-refractivity contribution >= 4 is 5.91 Å². The van der Waals surface area contributed by atoms with Crippen molar-refractivity contribution in [1.82, 2.24) is 9.80 Å². The van der Waals surface area contributed by atoms with Gasteiger partial charge >= 0.3 is 0 Å². The van der Waals surface area contributed by atoms with Gasteiger partial charge in [0.25, 0.3) is 0 Å². The maximum atomic E-state index is 11.9. The van der Waals surface area contributed by atoms with Crippen LogP contribution in [0.5, 0.6) is 0 Å². The lowest BCUT2D eigenvalue weighted by Gasteiger charge is -2.39. The van der Waals surface area contributed by atoms with E-state index in [1.165, 1.54) is 0 Å². The highest BCUT2D eigenvalue weighted by atomic mass is 16.2. The summed E-state index contributed by atoms with van der Waals surface area (Å²) in [6, 6.07) is 0.140. The average Bonchev–Trinajstić information content (AvgIpc) is 2.29. The second-order valence-corrected chi connectivity index (χ2v) is 4.07. The van der Waals surface area contributed by atoms with E-state index in [-0.39, 0.29) is 11.9 Å². The van der Waals surface area contributed by atoms with E-state index < -0.39 is 0 Å². The molecule has 4 heteroatoms. The lowest BCUT2D eigenvalue weighted by atomic mass is 10.1. The Bertz CT molecular complexity index is 286. The Hall–Kier alpha value is -1.13. The second-order valence-electron chi connectivity index (χ2n) is 4.07. The van der Waals surface area contributed by atoms with E-state index in [1.807, 2.05) is 24.0 Å². The molecule has 4 nitrogen and oxygen atoms in total. The molecule has 0 radical (unpaired) electrons. The van der Waals surface area contributed by atoms with Crippen molar-refractivity contribution in [3.8, 4) is 0 Å². The molecule has 1 amide bonds. The molecule has 0 aliphatic carbocycles. The normalized spacial score (nSPS) is 23.4. The zero-order valence-electron chi connectivity index (χ0n) is 10.1. The van der Waals surface area contributed by atoms with Gasteiger partial charge in [-0.15, -0.1) is 0 Å². The first-order chi connectivity index (χ1) is 7.69. The lowest BCUT2D eigenvalue weighted by Crippen LogP contribution is -2.56. The smallest absolute Gasteiger partial charge is 0.246 e. The van der Waals surface area contributed by atoms with Crippen molar-refractivity contribution in [1.29, 1.82) is 0 Å². The topological polar surface area (TPSA) is 49.6 Å². The molecule has 2 N–H and O–H groups in total. The molecule has 0 aromatic rings. The van der Waals surface area contributed by atoms with E-state index in [0.717, 1.165) is 19.6 Å². The highest BCUT2D eigenvalue weighted by molar-refractivity contribution is 5.88. The molecule has 16 heavy (non-hydrogen) atoms. The molecule has 0 saturated carbocycles. The molecule has 1 saturated heterocycles. The molecule has 1 fully saturated rings. The molecule has 1 aliphatic heterocycles. The molecule has 1 atom stereocenters. The van der Waals surface area contributed by atoms with Crippen molar-refractivity contribution in [2.75, 3.05) is 33.2 Å². The number of rotatable bonds is 3. The van der Waals surface area contributed by atoms with E-state index in [2.05, 4.69) is 11.9 Å². The molecular formula is C12H21N3O. The van der Waals surface area contributed by atoms with E-state index in [1.54, 1.807) is 12.2 Å². The number of amides is 1. The van der Waals surface area contributed by atoms with Crippen LogP contribution < -0.4 is 5.73 Å². The minimum atomic E-state index is 0.0571. The maximum Gasteiger partial charge on any atom is 0.246 e. The number of carbonyl (C=O) groups excluding carboxylic acids is 1. The number of carbonyl (C=O) groups is 1. The van der Waals surface area contributed by atoms with Gasteiger partial charge in [-0.2, -0.15) is 0 Å². The van der Waals surface area contributed by atoms with Crippen LogP contribution in [0.25, 0.3) is 0 Å². The molecule has 1 unspecified atom stereocenters. The summed E-state index contributed by atoms with van der Waals surface area (Å²) in [4.78, 5) is 15.9. The molecule has 1 heterocycles. The number of likely N-dealkylation sites (N-methyl/N-ethyl adjacent to an activating group) is 1.